The molecular weight excluding hydrogens is 204 g/mol. The van der Waals surface area contributed by atoms with Crippen LogP contribution in [-0.2, 0) is 4.74 Å². The Morgan fingerprint density at radius 3 is 2.50 bits per heavy atom. The fraction of sp³-hybridized carbons (Fsp3) is 0.917. The molecule has 2 atom stereocenters. The summed E-state index contributed by atoms with van der Waals surface area (Å²) in [6.07, 6.45) is 0.811. The first-order valence-electron chi connectivity index (χ1n) is 5.98. The molecule has 1 rings (SSSR count). The molecule has 1 N–H and O–H groups in total. The van der Waals surface area contributed by atoms with Gasteiger partial charge in [0.2, 0.25) is 0 Å². The van der Waals surface area contributed by atoms with Crippen LogP contribution in [0.25, 0.3) is 0 Å². The molecule has 94 valence electrons. The number of carbonyl (C=O) groups is 1. The molecule has 0 radical (unpaired) electrons. The molecule has 4 nitrogen and oxygen atoms in total. The number of rotatable bonds is 1. The number of ether oxygens (including phenoxy) is 1. The van der Waals surface area contributed by atoms with E-state index in [0.29, 0.717) is 12.0 Å². The molecule has 1 fully saturated rings. The second kappa shape index (κ2) is 5.04. The Morgan fingerprint density at radius 2 is 2.06 bits per heavy atom. The van der Waals surface area contributed by atoms with Gasteiger partial charge in [-0.25, -0.2) is 4.79 Å². The molecule has 1 aliphatic heterocycles. The summed E-state index contributed by atoms with van der Waals surface area (Å²) >= 11 is 0. The maximum atomic E-state index is 11.8. The number of amides is 1. The minimum absolute atomic E-state index is 0.186. The van der Waals surface area contributed by atoms with E-state index in [1.165, 1.54) is 0 Å². The highest BCUT2D eigenvalue weighted by Gasteiger charge is 2.30. The summed E-state index contributed by atoms with van der Waals surface area (Å²) < 4.78 is 5.36. The zero-order valence-electron chi connectivity index (χ0n) is 11.0. The van der Waals surface area contributed by atoms with Gasteiger partial charge < -0.3 is 15.0 Å². The number of nitrogens with one attached hydrogen (secondary N) is 1. The van der Waals surface area contributed by atoms with Gasteiger partial charge in [0.1, 0.15) is 5.60 Å². The van der Waals surface area contributed by atoms with Gasteiger partial charge in [0.15, 0.2) is 0 Å². The lowest BCUT2D eigenvalue weighted by atomic mass is 9.94. The van der Waals surface area contributed by atoms with Crippen LogP contribution in [-0.4, -0.2) is 42.8 Å². The fourth-order valence-corrected chi connectivity index (χ4v) is 2.07. The van der Waals surface area contributed by atoms with Crippen LogP contribution in [0, 0.1) is 5.92 Å². The Morgan fingerprint density at radius 1 is 1.44 bits per heavy atom. The number of hydrogen-bond acceptors (Lipinski definition) is 3. The van der Waals surface area contributed by atoms with E-state index in [1.807, 2.05) is 32.7 Å². The van der Waals surface area contributed by atoms with Crippen molar-refractivity contribution in [3.05, 3.63) is 0 Å². The fourth-order valence-electron chi connectivity index (χ4n) is 2.07. The summed E-state index contributed by atoms with van der Waals surface area (Å²) in [6, 6.07) is 0.513. The van der Waals surface area contributed by atoms with E-state index in [0.717, 1.165) is 19.5 Å². The van der Waals surface area contributed by atoms with E-state index in [2.05, 4.69) is 12.2 Å². The average molecular weight is 228 g/mol. The third-order valence-electron chi connectivity index (χ3n) is 2.93. The predicted octanol–water partition coefficient (Wildman–Crippen LogP) is 1.85. The van der Waals surface area contributed by atoms with Gasteiger partial charge in [0.25, 0.3) is 0 Å². The smallest absolute Gasteiger partial charge is 0.410 e. The largest absolute Gasteiger partial charge is 0.444 e. The lowest BCUT2D eigenvalue weighted by Gasteiger charge is -2.37. The quantitative estimate of drug-likeness (QED) is 0.744. The Kier molecular flexibility index (Phi) is 4.19. The molecule has 2 unspecified atom stereocenters. The van der Waals surface area contributed by atoms with Crippen molar-refractivity contribution >= 4 is 6.09 Å². The first kappa shape index (κ1) is 13.3. The van der Waals surface area contributed by atoms with Gasteiger partial charge in [-0.2, -0.15) is 0 Å². The van der Waals surface area contributed by atoms with Crippen LogP contribution in [0.4, 0.5) is 4.79 Å². The van der Waals surface area contributed by atoms with E-state index in [9.17, 15) is 4.79 Å². The van der Waals surface area contributed by atoms with Gasteiger partial charge in [0, 0.05) is 19.1 Å². The summed E-state index contributed by atoms with van der Waals surface area (Å²) in [4.78, 5) is 13.6. The van der Waals surface area contributed by atoms with Gasteiger partial charge in [-0.15, -0.1) is 0 Å². The zero-order chi connectivity index (χ0) is 12.3. The van der Waals surface area contributed by atoms with Crippen molar-refractivity contribution in [3.8, 4) is 0 Å². The van der Waals surface area contributed by atoms with Crippen LogP contribution < -0.4 is 5.32 Å². The molecule has 0 aromatic carbocycles. The number of piperidine rings is 1. The molecule has 0 aromatic heterocycles. The van der Waals surface area contributed by atoms with Gasteiger partial charge in [-0.3, -0.25) is 0 Å². The van der Waals surface area contributed by atoms with E-state index in [1.54, 1.807) is 0 Å². The molecule has 1 amide bonds. The Balaban J connectivity index is 2.48. The first-order valence-corrected chi connectivity index (χ1v) is 5.98. The highest BCUT2D eigenvalue weighted by atomic mass is 16.6. The third-order valence-corrected chi connectivity index (χ3v) is 2.93. The number of hydrogen-bond donors (Lipinski definition) is 1. The molecule has 1 aliphatic rings. The number of carbonyl (C=O) groups excluding carboxylic acids is 1. The molecule has 1 saturated heterocycles. The van der Waals surface area contributed by atoms with Gasteiger partial charge in [-0.1, -0.05) is 6.92 Å². The zero-order valence-corrected chi connectivity index (χ0v) is 11.0. The molecule has 16 heavy (non-hydrogen) atoms. The molecule has 0 aromatic rings. The number of nitrogens with zero attached hydrogens (tertiary/aromatic N) is 1. The highest BCUT2D eigenvalue weighted by molar-refractivity contribution is 5.68. The van der Waals surface area contributed by atoms with E-state index < -0.39 is 5.60 Å². The van der Waals surface area contributed by atoms with Crippen LogP contribution >= 0.6 is 0 Å². The van der Waals surface area contributed by atoms with Crippen molar-refractivity contribution in [3.63, 3.8) is 0 Å². The van der Waals surface area contributed by atoms with Crippen molar-refractivity contribution in [2.75, 3.05) is 20.1 Å². The molecule has 0 saturated carbocycles. The van der Waals surface area contributed by atoms with E-state index in [-0.39, 0.29) is 6.09 Å². The van der Waals surface area contributed by atoms with Crippen LogP contribution in [0.3, 0.4) is 0 Å². The second-order valence-electron chi connectivity index (χ2n) is 5.59. The average Bonchev–Trinajstić information content (AvgIpc) is 2.15. The van der Waals surface area contributed by atoms with Crippen LogP contribution in [0.1, 0.15) is 34.1 Å². The lowest BCUT2D eigenvalue weighted by Crippen LogP contribution is -2.50. The minimum Gasteiger partial charge on any atom is -0.444 e. The first-order chi connectivity index (χ1) is 7.33. The van der Waals surface area contributed by atoms with Crippen molar-refractivity contribution < 1.29 is 9.53 Å². The van der Waals surface area contributed by atoms with Crippen molar-refractivity contribution in [1.29, 1.82) is 0 Å². The Bertz CT molecular complexity index is 248. The molecule has 0 aliphatic carbocycles. The maximum absolute atomic E-state index is 11.8. The SMILES string of the molecule is CNC1CCN(C(=O)OC(C)(C)C)CC1C. The molecular formula is C12H24N2O2. The van der Waals surface area contributed by atoms with Crippen LogP contribution in [0.2, 0.25) is 0 Å². The van der Waals surface area contributed by atoms with Crippen molar-refractivity contribution in [2.45, 2.75) is 45.8 Å². The molecule has 1 heterocycles. The van der Waals surface area contributed by atoms with Gasteiger partial charge in [0.05, 0.1) is 0 Å². The maximum Gasteiger partial charge on any atom is 0.410 e. The van der Waals surface area contributed by atoms with Crippen molar-refractivity contribution in [1.82, 2.24) is 10.2 Å². The molecule has 4 heteroatoms. The van der Waals surface area contributed by atoms with E-state index >= 15 is 0 Å². The lowest BCUT2D eigenvalue weighted by molar-refractivity contribution is 0.0147. The standard InChI is InChI=1S/C12H24N2O2/c1-9-8-14(7-6-10(9)13-5)11(15)16-12(2,3)4/h9-10,13H,6-8H2,1-5H3. The topological polar surface area (TPSA) is 41.6 Å². The van der Waals surface area contributed by atoms with Crippen molar-refractivity contribution in [2.24, 2.45) is 5.92 Å². The summed E-state index contributed by atoms with van der Waals surface area (Å²) in [5.74, 6) is 0.478. The van der Waals surface area contributed by atoms with Crippen LogP contribution in [0.15, 0.2) is 0 Å². The molecule has 0 bridgehead atoms. The summed E-state index contributed by atoms with van der Waals surface area (Å²) in [6.45, 7) is 9.42. The highest BCUT2D eigenvalue weighted by Crippen LogP contribution is 2.19. The monoisotopic (exact) mass is 228 g/mol. The van der Waals surface area contributed by atoms with Gasteiger partial charge >= 0.3 is 6.09 Å². The summed E-state index contributed by atoms with van der Waals surface area (Å²) in [7, 11) is 1.98. The predicted molar refractivity (Wildman–Crippen MR) is 64.4 cm³/mol. The normalized spacial score (nSPS) is 26.7. The van der Waals surface area contributed by atoms with Gasteiger partial charge in [-0.05, 0) is 40.2 Å². The molecule has 0 spiro atoms. The number of likely N-dealkylation sites (tertiary alicyclic amines) is 1. The van der Waals surface area contributed by atoms with E-state index in [4.69, 9.17) is 4.74 Å². The Hall–Kier alpha value is -0.770. The van der Waals surface area contributed by atoms with Crippen LogP contribution in [0.5, 0.6) is 0 Å². The summed E-state index contributed by atoms with van der Waals surface area (Å²) in [5, 5.41) is 3.28. The second-order valence-corrected chi connectivity index (χ2v) is 5.59. The summed E-state index contributed by atoms with van der Waals surface area (Å²) in [5.41, 5.74) is -0.403. The Labute approximate surface area is 98.3 Å². The minimum atomic E-state index is -0.403. The third kappa shape index (κ3) is 3.67.